The van der Waals surface area contributed by atoms with Crippen LogP contribution in [0.25, 0.3) is 0 Å². The third kappa shape index (κ3) is 1.28. The Morgan fingerprint density at radius 3 is 2.43 bits per heavy atom. The lowest BCUT2D eigenvalue weighted by Crippen LogP contribution is -2.72. The van der Waals surface area contributed by atoms with Crippen LogP contribution in [0.1, 0.15) is 19.3 Å². The van der Waals surface area contributed by atoms with Crippen molar-refractivity contribution >= 4 is 5.97 Å². The maximum Gasteiger partial charge on any atom is 0.391 e. The SMILES string of the molecule is O=C(O)[C@]12C[C@H](C[C@@H](C(F)(F)F)C1)N2. The number of aliphatic carboxylic acids is 1. The van der Waals surface area contributed by atoms with Crippen LogP contribution < -0.4 is 5.32 Å². The third-order valence-electron chi connectivity index (χ3n) is 3.11. The number of carbonyl (C=O) groups is 1. The molecule has 2 saturated heterocycles. The van der Waals surface area contributed by atoms with Gasteiger partial charge in [-0.25, -0.2) is 0 Å². The zero-order valence-electron chi connectivity index (χ0n) is 7.27. The van der Waals surface area contributed by atoms with Crippen molar-refractivity contribution in [2.45, 2.75) is 37.0 Å². The summed E-state index contributed by atoms with van der Waals surface area (Å²) in [5, 5.41) is 11.5. The molecular weight excluding hydrogens is 199 g/mol. The highest BCUT2D eigenvalue weighted by Gasteiger charge is 2.60. The molecule has 3 nitrogen and oxygen atoms in total. The van der Waals surface area contributed by atoms with E-state index in [9.17, 15) is 18.0 Å². The third-order valence-corrected chi connectivity index (χ3v) is 3.11. The first-order chi connectivity index (χ1) is 6.33. The van der Waals surface area contributed by atoms with Crippen LogP contribution in [0.5, 0.6) is 0 Å². The summed E-state index contributed by atoms with van der Waals surface area (Å²) in [5.41, 5.74) is -1.30. The van der Waals surface area contributed by atoms with Crippen molar-refractivity contribution in [1.29, 1.82) is 0 Å². The van der Waals surface area contributed by atoms with Crippen LogP contribution in [0.3, 0.4) is 0 Å². The van der Waals surface area contributed by atoms with E-state index in [1.54, 1.807) is 0 Å². The number of carboxylic acid groups (broad SMARTS) is 1. The smallest absolute Gasteiger partial charge is 0.391 e. The molecule has 3 aliphatic rings. The lowest BCUT2D eigenvalue weighted by molar-refractivity contribution is -0.207. The molecule has 0 aromatic rings. The monoisotopic (exact) mass is 209 g/mol. The van der Waals surface area contributed by atoms with Crippen LogP contribution >= 0.6 is 0 Å². The van der Waals surface area contributed by atoms with E-state index in [4.69, 9.17) is 5.11 Å². The number of alkyl halides is 3. The lowest BCUT2D eigenvalue weighted by Gasteiger charge is -2.53. The molecule has 0 radical (unpaired) electrons. The zero-order chi connectivity index (χ0) is 10.6. The number of hydrogen-bond acceptors (Lipinski definition) is 2. The summed E-state index contributed by atoms with van der Waals surface area (Å²) in [6.07, 6.45) is -4.25. The van der Waals surface area contributed by atoms with Gasteiger partial charge in [0.25, 0.3) is 0 Å². The van der Waals surface area contributed by atoms with Gasteiger partial charge in [0.2, 0.25) is 0 Å². The highest BCUT2D eigenvalue weighted by molar-refractivity contribution is 5.80. The summed E-state index contributed by atoms with van der Waals surface area (Å²) >= 11 is 0. The first kappa shape index (κ1) is 9.76. The van der Waals surface area contributed by atoms with Gasteiger partial charge >= 0.3 is 12.1 Å². The maximum atomic E-state index is 12.3. The van der Waals surface area contributed by atoms with Crippen LogP contribution in [-0.4, -0.2) is 28.8 Å². The summed E-state index contributed by atoms with van der Waals surface area (Å²) in [6, 6.07) is -0.272. The largest absolute Gasteiger partial charge is 0.480 e. The Morgan fingerprint density at radius 2 is 2.00 bits per heavy atom. The second-order valence-corrected chi connectivity index (χ2v) is 4.11. The highest BCUT2D eigenvalue weighted by Crippen LogP contribution is 2.47. The van der Waals surface area contributed by atoms with Crippen molar-refractivity contribution in [2.24, 2.45) is 5.92 Å². The van der Waals surface area contributed by atoms with E-state index >= 15 is 0 Å². The molecule has 0 amide bonds. The molecule has 80 valence electrons. The lowest BCUT2D eigenvalue weighted by atomic mass is 9.66. The Bertz CT molecular complexity index is 270. The minimum Gasteiger partial charge on any atom is -0.480 e. The van der Waals surface area contributed by atoms with E-state index in [0.717, 1.165) is 0 Å². The minimum atomic E-state index is -4.26. The van der Waals surface area contributed by atoms with Crippen molar-refractivity contribution in [3.05, 3.63) is 0 Å². The number of halogens is 3. The normalized spacial score (nSPS) is 41.6. The molecule has 0 unspecified atom stereocenters. The van der Waals surface area contributed by atoms with E-state index in [2.05, 4.69) is 5.32 Å². The van der Waals surface area contributed by atoms with Crippen molar-refractivity contribution in [3.63, 3.8) is 0 Å². The molecule has 0 aromatic carbocycles. The molecule has 2 N–H and O–H groups in total. The standard InChI is InChI=1S/C8H10F3NO2/c9-8(10,11)4-1-5-3-7(2-4,12-5)6(13)14/h4-5,12H,1-3H2,(H,13,14)/t4-,5+,7-/m1/s1. The molecule has 2 aliphatic heterocycles. The summed E-state index contributed by atoms with van der Waals surface area (Å²) in [7, 11) is 0. The van der Waals surface area contributed by atoms with Gasteiger partial charge in [-0.1, -0.05) is 0 Å². The number of rotatable bonds is 1. The van der Waals surface area contributed by atoms with E-state index in [1.165, 1.54) is 0 Å². The summed E-state index contributed by atoms with van der Waals surface area (Å²) in [5.74, 6) is -2.62. The second kappa shape index (κ2) is 2.62. The topological polar surface area (TPSA) is 49.3 Å². The van der Waals surface area contributed by atoms with Crippen LogP contribution in [0.2, 0.25) is 0 Å². The number of hydrogen-bond donors (Lipinski definition) is 2. The van der Waals surface area contributed by atoms with Crippen molar-refractivity contribution in [1.82, 2.24) is 5.32 Å². The maximum absolute atomic E-state index is 12.3. The van der Waals surface area contributed by atoms with Gasteiger partial charge in [-0.15, -0.1) is 0 Å². The van der Waals surface area contributed by atoms with Crippen LogP contribution in [0.15, 0.2) is 0 Å². The highest BCUT2D eigenvalue weighted by atomic mass is 19.4. The van der Waals surface area contributed by atoms with E-state index < -0.39 is 23.6 Å². The average Bonchev–Trinajstić information content (AvgIpc) is 2.00. The molecule has 0 aromatic heterocycles. The fraction of sp³-hybridized carbons (Fsp3) is 0.875. The minimum absolute atomic E-state index is 0.0124. The fourth-order valence-electron chi connectivity index (χ4n) is 2.41. The van der Waals surface area contributed by atoms with E-state index in [0.29, 0.717) is 6.42 Å². The van der Waals surface area contributed by atoms with Crippen molar-refractivity contribution in [2.75, 3.05) is 0 Å². The average molecular weight is 209 g/mol. The van der Waals surface area contributed by atoms with Gasteiger partial charge in [0.15, 0.2) is 0 Å². The first-order valence-corrected chi connectivity index (χ1v) is 4.41. The molecular formula is C8H10F3NO2. The Balaban J connectivity index is 2.12. The Morgan fingerprint density at radius 1 is 1.43 bits per heavy atom. The molecule has 14 heavy (non-hydrogen) atoms. The number of fused-ring (bicyclic) bond motifs is 2. The van der Waals surface area contributed by atoms with Gasteiger partial charge < -0.3 is 5.11 Å². The van der Waals surface area contributed by atoms with Gasteiger partial charge in [-0.2, -0.15) is 13.2 Å². The van der Waals surface area contributed by atoms with Crippen molar-refractivity contribution in [3.8, 4) is 0 Å². The molecule has 3 atom stereocenters. The van der Waals surface area contributed by atoms with Gasteiger partial charge in [-0.3, -0.25) is 10.1 Å². The van der Waals surface area contributed by atoms with Crippen LogP contribution in [0.4, 0.5) is 13.2 Å². The zero-order valence-corrected chi connectivity index (χ0v) is 7.27. The predicted octanol–water partition coefficient (Wildman–Crippen LogP) is 1.14. The number of carboxylic acids is 1. The number of piperidine rings is 1. The summed E-state index contributed by atoms with van der Waals surface area (Å²) in [6.45, 7) is 0. The van der Waals surface area contributed by atoms with E-state index in [1.807, 2.05) is 0 Å². The number of nitrogens with one attached hydrogen (secondary N) is 1. The van der Waals surface area contributed by atoms with E-state index in [-0.39, 0.29) is 18.9 Å². The molecule has 1 saturated carbocycles. The fourth-order valence-corrected chi connectivity index (χ4v) is 2.41. The summed E-state index contributed by atoms with van der Waals surface area (Å²) < 4.78 is 37.0. The molecule has 3 fully saturated rings. The van der Waals surface area contributed by atoms with Crippen LogP contribution in [0, 0.1) is 5.92 Å². The quantitative estimate of drug-likeness (QED) is 0.681. The van der Waals surface area contributed by atoms with Crippen molar-refractivity contribution < 1.29 is 23.1 Å². The van der Waals surface area contributed by atoms with Gasteiger partial charge in [0.1, 0.15) is 5.54 Å². The second-order valence-electron chi connectivity index (χ2n) is 4.11. The van der Waals surface area contributed by atoms with Gasteiger partial charge in [-0.05, 0) is 19.3 Å². The van der Waals surface area contributed by atoms with Gasteiger partial charge in [0, 0.05) is 6.04 Å². The summed E-state index contributed by atoms with van der Waals surface area (Å²) in [4.78, 5) is 10.8. The predicted molar refractivity (Wildman–Crippen MR) is 40.7 cm³/mol. The Labute approximate surface area is 78.3 Å². The molecule has 2 heterocycles. The first-order valence-electron chi connectivity index (χ1n) is 4.41. The van der Waals surface area contributed by atoms with Gasteiger partial charge in [0.05, 0.1) is 5.92 Å². The molecule has 6 heteroatoms. The Kier molecular flexibility index (Phi) is 1.83. The molecule has 3 rings (SSSR count). The Hall–Kier alpha value is -0.780. The molecule has 1 aliphatic carbocycles. The molecule has 2 bridgehead atoms. The molecule has 0 spiro atoms. The van der Waals surface area contributed by atoms with Crippen LogP contribution in [-0.2, 0) is 4.79 Å².